The number of hydrogen-bond donors (Lipinski definition) is 2. The van der Waals surface area contributed by atoms with Crippen LogP contribution in [-0.2, 0) is 10.2 Å². The summed E-state index contributed by atoms with van der Waals surface area (Å²) in [5.74, 6) is 0.116. The lowest BCUT2D eigenvalue weighted by Gasteiger charge is -2.41. The van der Waals surface area contributed by atoms with Gasteiger partial charge in [-0.1, -0.05) is 36.2 Å². The highest BCUT2D eigenvalue weighted by molar-refractivity contribution is 5.89. The lowest BCUT2D eigenvalue weighted by Crippen LogP contribution is -2.49. The molecule has 0 aromatic heterocycles. The van der Waals surface area contributed by atoms with Gasteiger partial charge in [-0.05, 0) is 38.7 Å². The third-order valence-electron chi connectivity index (χ3n) is 4.06. The summed E-state index contributed by atoms with van der Waals surface area (Å²) < 4.78 is 0. The molecule has 1 aliphatic carbocycles. The highest BCUT2D eigenvalue weighted by Gasteiger charge is 2.45. The van der Waals surface area contributed by atoms with E-state index < -0.39 is 0 Å². The number of rotatable bonds is 5. The molecule has 1 fully saturated rings. The van der Waals surface area contributed by atoms with Gasteiger partial charge in [-0.25, -0.2) is 0 Å². The van der Waals surface area contributed by atoms with Gasteiger partial charge in [0.25, 0.3) is 0 Å². The first-order chi connectivity index (χ1) is 9.04. The number of aliphatic hydroxyl groups is 1. The number of hydrogen-bond acceptors (Lipinski definition) is 2. The van der Waals surface area contributed by atoms with Crippen molar-refractivity contribution in [1.82, 2.24) is 5.32 Å². The largest absolute Gasteiger partial charge is 0.393 e. The van der Waals surface area contributed by atoms with Crippen molar-refractivity contribution >= 4 is 5.91 Å². The highest BCUT2D eigenvalue weighted by Crippen LogP contribution is 2.44. The molecule has 1 aliphatic rings. The quantitative estimate of drug-likeness (QED) is 0.854. The fourth-order valence-corrected chi connectivity index (χ4v) is 2.68. The molecule has 0 heterocycles. The van der Waals surface area contributed by atoms with E-state index >= 15 is 0 Å². The first kappa shape index (κ1) is 14.1. The Kier molecular flexibility index (Phi) is 4.25. The van der Waals surface area contributed by atoms with E-state index in [-0.39, 0.29) is 17.4 Å². The predicted molar refractivity (Wildman–Crippen MR) is 76.0 cm³/mol. The van der Waals surface area contributed by atoms with Crippen molar-refractivity contribution in [2.45, 2.75) is 51.0 Å². The molecular formula is C16H23NO2. The molecule has 1 aromatic rings. The minimum Gasteiger partial charge on any atom is -0.393 e. The second-order valence-corrected chi connectivity index (χ2v) is 5.70. The molecule has 2 rings (SSSR count). The Balaban J connectivity index is 2.08. The summed E-state index contributed by atoms with van der Waals surface area (Å²) in [5, 5.41) is 12.2. The number of amides is 1. The summed E-state index contributed by atoms with van der Waals surface area (Å²) in [4.78, 5) is 12.4. The van der Waals surface area contributed by atoms with E-state index in [9.17, 15) is 9.90 Å². The van der Waals surface area contributed by atoms with E-state index in [1.54, 1.807) is 6.92 Å². The highest BCUT2D eigenvalue weighted by atomic mass is 16.3. The number of aryl methyl sites for hydroxylation is 1. The smallest absolute Gasteiger partial charge is 0.230 e. The van der Waals surface area contributed by atoms with Crippen LogP contribution < -0.4 is 5.32 Å². The second-order valence-electron chi connectivity index (χ2n) is 5.70. The average molecular weight is 261 g/mol. The topological polar surface area (TPSA) is 49.3 Å². The molecule has 0 spiro atoms. The second kappa shape index (κ2) is 5.74. The minimum atomic E-state index is -0.364. The zero-order valence-electron chi connectivity index (χ0n) is 11.8. The Morgan fingerprint density at radius 2 is 2.21 bits per heavy atom. The van der Waals surface area contributed by atoms with Gasteiger partial charge in [0.1, 0.15) is 0 Å². The maximum Gasteiger partial charge on any atom is 0.230 e. The van der Waals surface area contributed by atoms with Crippen molar-refractivity contribution < 1.29 is 9.90 Å². The van der Waals surface area contributed by atoms with Crippen molar-refractivity contribution in [1.29, 1.82) is 0 Å². The number of carbonyl (C=O) groups excluding carboxylic acids is 1. The van der Waals surface area contributed by atoms with Gasteiger partial charge in [0.2, 0.25) is 5.91 Å². The van der Waals surface area contributed by atoms with Crippen LogP contribution in [0, 0.1) is 6.92 Å². The third-order valence-corrected chi connectivity index (χ3v) is 4.06. The number of carbonyl (C=O) groups is 1. The maximum atomic E-state index is 12.4. The Hall–Kier alpha value is -1.35. The van der Waals surface area contributed by atoms with Crippen molar-refractivity contribution in [3.63, 3.8) is 0 Å². The van der Waals surface area contributed by atoms with Crippen molar-refractivity contribution in [2.75, 3.05) is 6.54 Å². The SMILES string of the molecule is Cc1cccc(C2(C(=O)NCCC(C)O)CCC2)c1. The predicted octanol–water partition coefficient (Wildman–Crippen LogP) is 2.30. The maximum absolute atomic E-state index is 12.4. The normalized spacial score (nSPS) is 18.5. The summed E-state index contributed by atoms with van der Waals surface area (Å²) in [7, 11) is 0. The summed E-state index contributed by atoms with van der Waals surface area (Å²) in [6.07, 6.45) is 3.21. The molecule has 0 saturated heterocycles. The molecule has 0 aliphatic heterocycles. The van der Waals surface area contributed by atoms with Crippen LogP contribution in [0.25, 0.3) is 0 Å². The van der Waals surface area contributed by atoms with Gasteiger partial charge in [0.15, 0.2) is 0 Å². The molecule has 3 heteroatoms. The van der Waals surface area contributed by atoms with E-state index in [0.29, 0.717) is 13.0 Å². The van der Waals surface area contributed by atoms with Crippen molar-refractivity contribution in [3.05, 3.63) is 35.4 Å². The van der Waals surface area contributed by atoms with Crippen LogP contribution in [0.4, 0.5) is 0 Å². The molecule has 2 N–H and O–H groups in total. The van der Waals surface area contributed by atoms with E-state index in [2.05, 4.69) is 30.4 Å². The summed E-state index contributed by atoms with van der Waals surface area (Å²) in [6.45, 7) is 4.34. The first-order valence-corrected chi connectivity index (χ1v) is 7.08. The Labute approximate surface area is 115 Å². The zero-order valence-corrected chi connectivity index (χ0v) is 11.8. The molecule has 19 heavy (non-hydrogen) atoms. The summed E-state index contributed by atoms with van der Waals surface area (Å²) >= 11 is 0. The lowest BCUT2D eigenvalue weighted by atomic mass is 9.63. The zero-order chi connectivity index (χ0) is 13.9. The van der Waals surface area contributed by atoms with Crippen LogP contribution in [0.3, 0.4) is 0 Å². The van der Waals surface area contributed by atoms with Gasteiger partial charge in [0, 0.05) is 6.54 Å². The molecular weight excluding hydrogens is 238 g/mol. The van der Waals surface area contributed by atoms with Gasteiger partial charge < -0.3 is 10.4 Å². The van der Waals surface area contributed by atoms with Crippen LogP contribution >= 0.6 is 0 Å². The van der Waals surface area contributed by atoms with Crippen LogP contribution in [0.1, 0.15) is 43.7 Å². The fourth-order valence-electron chi connectivity index (χ4n) is 2.68. The third kappa shape index (κ3) is 2.98. The van der Waals surface area contributed by atoms with Gasteiger partial charge in [-0.3, -0.25) is 4.79 Å². The Morgan fingerprint density at radius 3 is 2.74 bits per heavy atom. The van der Waals surface area contributed by atoms with Crippen LogP contribution in [-0.4, -0.2) is 23.7 Å². The fraction of sp³-hybridized carbons (Fsp3) is 0.562. The van der Waals surface area contributed by atoms with Crippen molar-refractivity contribution in [3.8, 4) is 0 Å². The summed E-state index contributed by atoms with van der Waals surface area (Å²) in [5.41, 5.74) is 2.00. The van der Waals surface area contributed by atoms with Gasteiger partial charge in [0.05, 0.1) is 11.5 Å². The van der Waals surface area contributed by atoms with E-state index in [1.165, 1.54) is 5.56 Å². The molecule has 3 nitrogen and oxygen atoms in total. The van der Waals surface area contributed by atoms with Gasteiger partial charge >= 0.3 is 0 Å². The van der Waals surface area contributed by atoms with Crippen LogP contribution in [0.5, 0.6) is 0 Å². The number of benzene rings is 1. The molecule has 1 unspecified atom stereocenters. The molecule has 1 saturated carbocycles. The molecule has 104 valence electrons. The average Bonchev–Trinajstić information content (AvgIpc) is 2.27. The standard InChI is InChI=1S/C16H23NO2/c1-12-5-3-6-14(11-12)16(8-4-9-16)15(19)17-10-7-13(2)18/h3,5-6,11,13,18H,4,7-10H2,1-2H3,(H,17,19). The van der Waals surface area contributed by atoms with Crippen LogP contribution in [0.15, 0.2) is 24.3 Å². The number of nitrogens with one attached hydrogen (secondary N) is 1. The van der Waals surface area contributed by atoms with E-state index in [0.717, 1.165) is 24.8 Å². The Morgan fingerprint density at radius 1 is 1.47 bits per heavy atom. The molecule has 0 radical (unpaired) electrons. The molecule has 1 atom stereocenters. The lowest BCUT2D eigenvalue weighted by molar-refractivity contribution is -0.130. The minimum absolute atomic E-state index is 0.116. The monoisotopic (exact) mass is 261 g/mol. The van der Waals surface area contributed by atoms with Crippen LogP contribution in [0.2, 0.25) is 0 Å². The number of aliphatic hydroxyl groups excluding tert-OH is 1. The van der Waals surface area contributed by atoms with Crippen molar-refractivity contribution in [2.24, 2.45) is 0 Å². The summed E-state index contributed by atoms with van der Waals surface area (Å²) in [6, 6.07) is 8.25. The molecule has 0 bridgehead atoms. The van der Waals surface area contributed by atoms with E-state index in [4.69, 9.17) is 0 Å². The Bertz CT molecular complexity index is 450. The van der Waals surface area contributed by atoms with Gasteiger partial charge in [-0.15, -0.1) is 0 Å². The molecule has 1 aromatic carbocycles. The molecule has 1 amide bonds. The van der Waals surface area contributed by atoms with Gasteiger partial charge in [-0.2, -0.15) is 0 Å². The first-order valence-electron chi connectivity index (χ1n) is 7.08. The van der Waals surface area contributed by atoms with E-state index in [1.807, 2.05) is 6.07 Å².